The minimum Gasteiger partial charge on any atom is -0.306 e. The molecule has 25 heavy (non-hydrogen) atoms. The van der Waals surface area contributed by atoms with Crippen molar-refractivity contribution in [1.82, 2.24) is 29.6 Å². The van der Waals surface area contributed by atoms with E-state index in [0.29, 0.717) is 12.4 Å². The summed E-state index contributed by atoms with van der Waals surface area (Å²) in [5.41, 5.74) is 3.60. The predicted molar refractivity (Wildman–Crippen MR) is 93.8 cm³/mol. The van der Waals surface area contributed by atoms with E-state index in [1.54, 1.807) is 12.4 Å². The van der Waals surface area contributed by atoms with Crippen LogP contribution in [0.1, 0.15) is 23.7 Å². The number of rotatable bonds is 4. The van der Waals surface area contributed by atoms with Gasteiger partial charge >= 0.3 is 0 Å². The predicted octanol–water partition coefficient (Wildman–Crippen LogP) is 1.61. The van der Waals surface area contributed by atoms with Crippen molar-refractivity contribution in [2.45, 2.75) is 33.0 Å². The van der Waals surface area contributed by atoms with Crippen molar-refractivity contribution >= 4 is 0 Å². The monoisotopic (exact) mass is 336 g/mol. The van der Waals surface area contributed by atoms with Crippen LogP contribution in [-0.2, 0) is 26.1 Å². The molecule has 128 valence electrons. The van der Waals surface area contributed by atoms with Crippen LogP contribution in [0.25, 0.3) is 11.4 Å². The van der Waals surface area contributed by atoms with E-state index < -0.39 is 0 Å². The first-order valence-corrected chi connectivity index (χ1v) is 8.49. The fourth-order valence-electron chi connectivity index (χ4n) is 3.17. The average molecular weight is 336 g/mol. The molecule has 3 aromatic rings. The van der Waals surface area contributed by atoms with E-state index in [4.69, 9.17) is 0 Å². The van der Waals surface area contributed by atoms with Crippen molar-refractivity contribution in [1.29, 1.82) is 0 Å². The Kier molecular flexibility index (Phi) is 4.15. The van der Waals surface area contributed by atoms with Gasteiger partial charge in [-0.1, -0.05) is 0 Å². The minimum atomic E-state index is -0.0576. The Labute approximate surface area is 145 Å². The first-order valence-electron chi connectivity index (χ1n) is 8.49. The Morgan fingerprint density at radius 1 is 1.32 bits per heavy atom. The highest BCUT2D eigenvalue weighted by Gasteiger charge is 2.22. The summed E-state index contributed by atoms with van der Waals surface area (Å²) < 4.78 is 1.92. The highest BCUT2D eigenvalue weighted by molar-refractivity contribution is 5.53. The summed E-state index contributed by atoms with van der Waals surface area (Å²) >= 11 is 0. The van der Waals surface area contributed by atoms with Crippen LogP contribution in [0.5, 0.6) is 0 Å². The van der Waals surface area contributed by atoms with E-state index in [2.05, 4.69) is 38.1 Å². The van der Waals surface area contributed by atoms with Crippen molar-refractivity contribution in [2.75, 3.05) is 6.54 Å². The first kappa shape index (κ1) is 15.7. The SMILES string of the molecule is CCn1cc(CN2CCc3nc(-c4cccnc4)[nH]c(=O)c3C2)cn1. The van der Waals surface area contributed by atoms with Crippen LogP contribution < -0.4 is 5.56 Å². The number of aryl methyl sites for hydroxylation is 1. The molecule has 7 heteroatoms. The molecule has 0 aliphatic carbocycles. The van der Waals surface area contributed by atoms with Gasteiger partial charge in [-0.05, 0) is 19.1 Å². The summed E-state index contributed by atoms with van der Waals surface area (Å²) in [5, 5.41) is 4.31. The van der Waals surface area contributed by atoms with Gasteiger partial charge in [0.05, 0.1) is 17.5 Å². The van der Waals surface area contributed by atoms with Crippen LogP contribution in [-0.4, -0.2) is 36.2 Å². The summed E-state index contributed by atoms with van der Waals surface area (Å²) in [6.45, 7) is 5.22. The second-order valence-electron chi connectivity index (χ2n) is 6.25. The molecule has 0 unspecified atom stereocenters. The van der Waals surface area contributed by atoms with E-state index in [1.165, 1.54) is 5.56 Å². The first-order chi connectivity index (χ1) is 12.2. The second kappa shape index (κ2) is 6.60. The van der Waals surface area contributed by atoms with Gasteiger partial charge in [-0.2, -0.15) is 5.10 Å². The summed E-state index contributed by atoms with van der Waals surface area (Å²) in [7, 11) is 0. The number of nitrogens with zero attached hydrogens (tertiary/aromatic N) is 5. The van der Waals surface area contributed by atoms with Crippen molar-refractivity contribution in [3.8, 4) is 11.4 Å². The number of aromatic amines is 1. The lowest BCUT2D eigenvalue weighted by Gasteiger charge is -2.27. The lowest BCUT2D eigenvalue weighted by atomic mass is 10.1. The molecule has 0 saturated carbocycles. The zero-order valence-electron chi connectivity index (χ0n) is 14.1. The van der Waals surface area contributed by atoms with Gasteiger partial charge in [0.25, 0.3) is 5.56 Å². The molecule has 0 amide bonds. The fraction of sp³-hybridized carbons (Fsp3) is 0.333. The molecule has 0 radical (unpaired) electrons. The van der Waals surface area contributed by atoms with Crippen molar-refractivity contribution in [2.24, 2.45) is 0 Å². The molecule has 0 aromatic carbocycles. The fourth-order valence-corrected chi connectivity index (χ4v) is 3.17. The molecule has 3 aromatic heterocycles. The van der Waals surface area contributed by atoms with Gasteiger partial charge in [-0.3, -0.25) is 19.4 Å². The van der Waals surface area contributed by atoms with Crippen LogP contribution >= 0.6 is 0 Å². The Morgan fingerprint density at radius 3 is 3.00 bits per heavy atom. The highest BCUT2D eigenvalue weighted by atomic mass is 16.1. The van der Waals surface area contributed by atoms with Crippen molar-refractivity contribution in [3.05, 3.63) is 64.1 Å². The lowest BCUT2D eigenvalue weighted by molar-refractivity contribution is 0.242. The third-order valence-electron chi connectivity index (χ3n) is 4.50. The number of hydrogen-bond acceptors (Lipinski definition) is 5. The molecule has 0 fully saturated rings. The Balaban J connectivity index is 1.56. The maximum Gasteiger partial charge on any atom is 0.255 e. The summed E-state index contributed by atoms with van der Waals surface area (Å²) in [4.78, 5) is 26.5. The summed E-state index contributed by atoms with van der Waals surface area (Å²) in [6, 6.07) is 3.74. The zero-order chi connectivity index (χ0) is 17.2. The molecule has 4 rings (SSSR count). The van der Waals surface area contributed by atoms with Gasteiger partial charge in [-0.25, -0.2) is 4.98 Å². The number of fused-ring (bicyclic) bond motifs is 1. The molecule has 1 aliphatic heterocycles. The topological polar surface area (TPSA) is 79.7 Å². The number of H-pyrrole nitrogens is 1. The van der Waals surface area contributed by atoms with Crippen LogP contribution in [0.3, 0.4) is 0 Å². The molecule has 4 heterocycles. The van der Waals surface area contributed by atoms with Gasteiger partial charge in [0.1, 0.15) is 5.82 Å². The summed E-state index contributed by atoms with van der Waals surface area (Å²) in [5.74, 6) is 0.592. The van der Waals surface area contributed by atoms with Crippen LogP contribution in [0.2, 0.25) is 0 Å². The van der Waals surface area contributed by atoms with Crippen molar-refractivity contribution < 1.29 is 0 Å². The number of pyridine rings is 1. The second-order valence-corrected chi connectivity index (χ2v) is 6.25. The van der Waals surface area contributed by atoms with Gasteiger partial charge in [-0.15, -0.1) is 0 Å². The Hall–Kier alpha value is -2.80. The molecule has 1 aliphatic rings. The standard InChI is InChI=1S/C18H20N6O/c1-2-24-11-13(8-20-24)10-23-7-5-16-15(12-23)18(25)22-17(21-16)14-4-3-6-19-9-14/h3-4,6,8-9,11H,2,5,7,10,12H2,1H3,(H,21,22,25). The summed E-state index contributed by atoms with van der Waals surface area (Å²) in [6.07, 6.45) is 8.15. The molecule has 0 bridgehead atoms. The number of hydrogen-bond donors (Lipinski definition) is 1. The molecule has 0 spiro atoms. The van der Waals surface area contributed by atoms with Gasteiger partial charge in [0.2, 0.25) is 0 Å². The highest BCUT2D eigenvalue weighted by Crippen LogP contribution is 2.19. The maximum absolute atomic E-state index is 12.5. The molecular weight excluding hydrogens is 316 g/mol. The van der Waals surface area contributed by atoms with E-state index in [1.807, 2.05) is 23.0 Å². The molecular formula is C18H20N6O. The van der Waals surface area contributed by atoms with E-state index in [0.717, 1.165) is 42.9 Å². The normalized spacial score (nSPS) is 14.4. The van der Waals surface area contributed by atoms with Crippen molar-refractivity contribution in [3.63, 3.8) is 0 Å². The van der Waals surface area contributed by atoms with E-state index >= 15 is 0 Å². The largest absolute Gasteiger partial charge is 0.306 e. The van der Waals surface area contributed by atoms with Crippen LogP contribution in [0, 0.1) is 0 Å². The quantitative estimate of drug-likeness (QED) is 0.783. The number of aromatic nitrogens is 5. The van der Waals surface area contributed by atoms with Gasteiger partial charge in [0, 0.05) is 62.3 Å². The molecule has 0 saturated heterocycles. The number of nitrogens with one attached hydrogen (secondary N) is 1. The van der Waals surface area contributed by atoms with Crippen LogP contribution in [0.4, 0.5) is 0 Å². The molecule has 0 atom stereocenters. The maximum atomic E-state index is 12.5. The Morgan fingerprint density at radius 2 is 2.24 bits per heavy atom. The van der Waals surface area contributed by atoms with E-state index in [9.17, 15) is 4.79 Å². The van der Waals surface area contributed by atoms with Gasteiger partial charge < -0.3 is 4.98 Å². The average Bonchev–Trinajstić information content (AvgIpc) is 3.10. The lowest BCUT2D eigenvalue weighted by Crippen LogP contribution is -2.35. The van der Waals surface area contributed by atoms with Gasteiger partial charge in [0.15, 0.2) is 0 Å². The molecule has 1 N–H and O–H groups in total. The zero-order valence-corrected chi connectivity index (χ0v) is 14.1. The van der Waals surface area contributed by atoms with E-state index in [-0.39, 0.29) is 5.56 Å². The third-order valence-corrected chi connectivity index (χ3v) is 4.50. The third kappa shape index (κ3) is 3.23. The Bertz CT molecular complexity index is 930. The van der Waals surface area contributed by atoms with Crippen LogP contribution in [0.15, 0.2) is 41.7 Å². The smallest absolute Gasteiger partial charge is 0.255 e. The molecule has 7 nitrogen and oxygen atoms in total. The minimum absolute atomic E-state index is 0.0576.